The summed E-state index contributed by atoms with van der Waals surface area (Å²) in [5.74, 6) is -0.295. The predicted octanol–water partition coefficient (Wildman–Crippen LogP) is 0.526. The maximum absolute atomic E-state index is 11.8. The smallest absolute Gasteiger partial charge is 0.423 e. The summed E-state index contributed by atoms with van der Waals surface area (Å²) in [6.07, 6.45) is 17.3. The average molecular weight is 833 g/mol. The quantitative estimate of drug-likeness (QED) is 0.0398. The first-order valence-electron chi connectivity index (χ1n) is 20.6. The second-order valence-corrected chi connectivity index (χ2v) is 15.8. The zero-order chi connectivity index (χ0) is 44.2. The topological polar surface area (TPSA) is 155 Å². The molecule has 0 aliphatic carbocycles. The number of hydrogen-bond donors (Lipinski definition) is 6. The first-order chi connectivity index (χ1) is 29.8. The number of pyridine rings is 4. The molecule has 0 aliphatic heterocycles. The minimum atomic E-state index is -1.60. The van der Waals surface area contributed by atoms with Gasteiger partial charge in [0.25, 0.3) is 0 Å². The lowest BCUT2D eigenvalue weighted by molar-refractivity contribution is -0.689. The summed E-state index contributed by atoms with van der Waals surface area (Å²) in [6, 6.07) is 27.7. The Kier molecular flexibility index (Phi) is 15.4. The summed E-state index contributed by atoms with van der Waals surface area (Å²) in [6.45, 7) is 13.9. The van der Waals surface area contributed by atoms with Crippen molar-refractivity contribution in [3.8, 4) is 11.1 Å². The lowest BCUT2D eigenvalue weighted by Crippen LogP contribution is -2.38. The number of aromatic nitrogens is 4. The van der Waals surface area contributed by atoms with Crippen molar-refractivity contribution in [2.45, 2.75) is 52.9 Å². The van der Waals surface area contributed by atoms with E-state index in [1.54, 1.807) is 13.8 Å². The molecule has 6 aromatic rings. The van der Waals surface area contributed by atoms with Gasteiger partial charge in [0.05, 0.1) is 0 Å². The molecule has 0 fully saturated rings. The number of carbonyl (C=O) groups excluding carboxylic acids is 2. The maximum Gasteiger partial charge on any atom is 0.488 e. The SMILES string of the molecule is C=C(C)C(=O)NCCc1cc[n+](Cc2cc(C[n+]3ccc(-c4cc[n+](Cc5cc(C[n+]6ccc(CCNC(=O)C(=C)C)cc6)cc(B(O)O)c5)cc4)cc3)cc(B(O)O)c2)cc1. The number of benzene rings is 2. The first kappa shape index (κ1) is 45.0. The monoisotopic (exact) mass is 832 g/mol. The molecule has 4 aromatic heterocycles. The Morgan fingerprint density at radius 2 is 0.742 bits per heavy atom. The minimum absolute atomic E-state index is 0.147. The predicted molar refractivity (Wildman–Crippen MR) is 238 cm³/mol. The molecule has 2 aromatic carbocycles. The molecule has 0 bridgehead atoms. The minimum Gasteiger partial charge on any atom is -0.423 e. The summed E-state index contributed by atoms with van der Waals surface area (Å²) in [5, 5.41) is 46.0. The summed E-state index contributed by atoms with van der Waals surface area (Å²) in [4.78, 5) is 23.5. The van der Waals surface area contributed by atoms with Crippen molar-refractivity contribution in [3.05, 3.63) is 192 Å². The van der Waals surface area contributed by atoms with Crippen LogP contribution >= 0.6 is 0 Å². The van der Waals surface area contributed by atoms with Gasteiger partial charge in [0, 0.05) is 95.0 Å². The highest BCUT2D eigenvalue weighted by Crippen LogP contribution is 2.16. The van der Waals surface area contributed by atoms with Crippen LogP contribution in [0.3, 0.4) is 0 Å². The molecule has 0 saturated heterocycles. The highest BCUT2D eigenvalue weighted by molar-refractivity contribution is 6.59. The molecule has 14 heteroatoms. The fourth-order valence-electron chi connectivity index (χ4n) is 7.06. The third kappa shape index (κ3) is 13.2. The molecular formula is C48H54B2N6O6+4. The van der Waals surface area contributed by atoms with Gasteiger partial charge in [-0.3, -0.25) is 9.59 Å². The van der Waals surface area contributed by atoms with Crippen LogP contribution in [0.25, 0.3) is 11.1 Å². The van der Waals surface area contributed by atoms with E-state index >= 15 is 0 Å². The van der Waals surface area contributed by atoms with Crippen LogP contribution in [-0.4, -0.2) is 59.2 Å². The fourth-order valence-corrected chi connectivity index (χ4v) is 7.06. The lowest BCUT2D eigenvalue weighted by Gasteiger charge is -2.08. The summed E-state index contributed by atoms with van der Waals surface area (Å²) >= 11 is 0. The first-order valence-corrected chi connectivity index (χ1v) is 20.6. The third-order valence-electron chi connectivity index (χ3n) is 10.4. The van der Waals surface area contributed by atoms with Gasteiger partial charge in [0.1, 0.15) is 0 Å². The number of nitrogens with one attached hydrogen (secondary N) is 2. The van der Waals surface area contributed by atoms with Gasteiger partial charge in [-0.05, 0) is 72.0 Å². The van der Waals surface area contributed by atoms with Crippen molar-refractivity contribution >= 4 is 37.0 Å². The van der Waals surface area contributed by atoms with Crippen molar-refractivity contribution in [2.24, 2.45) is 0 Å². The number of carbonyl (C=O) groups is 2. The van der Waals surface area contributed by atoms with Crippen LogP contribution in [0.2, 0.25) is 0 Å². The largest absolute Gasteiger partial charge is 0.488 e. The van der Waals surface area contributed by atoms with Crippen LogP contribution in [0, 0.1) is 0 Å². The van der Waals surface area contributed by atoms with Gasteiger partial charge < -0.3 is 30.7 Å². The van der Waals surface area contributed by atoms with E-state index in [0.717, 1.165) is 44.5 Å². The highest BCUT2D eigenvalue weighted by Gasteiger charge is 2.19. The van der Waals surface area contributed by atoms with Crippen molar-refractivity contribution in [3.63, 3.8) is 0 Å². The molecule has 0 atom stereocenters. The Labute approximate surface area is 363 Å². The number of rotatable bonds is 19. The molecule has 2 amide bonds. The fraction of sp³-hybridized carbons (Fsp3) is 0.208. The third-order valence-corrected chi connectivity index (χ3v) is 10.4. The Hall–Kier alpha value is -6.57. The zero-order valence-electron chi connectivity index (χ0n) is 35.3. The van der Waals surface area contributed by atoms with Gasteiger partial charge in [-0.2, -0.15) is 0 Å². The molecule has 62 heavy (non-hydrogen) atoms. The van der Waals surface area contributed by atoms with E-state index < -0.39 is 14.2 Å². The van der Waals surface area contributed by atoms with E-state index in [9.17, 15) is 29.7 Å². The van der Waals surface area contributed by atoms with Crippen LogP contribution in [0.1, 0.15) is 47.2 Å². The van der Waals surface area contributed by atoms with Crippen LogP contribution < -0.4 is 39.8 Å². The van der Waals surface area contributed by atoms with Gasteiger partial charge in [0.2, 0.25) is 11.8 Å². The molecular weight excluding hydrogens is 778 g/mol. The Bertz CT molecular complexity index is 2340. The Morgan fingerprint density at radius 3 is 1.00 bits per heavy atom. The number of amides is 2. The molecule has 4 heterocycles. The van der Waals surface area contributed by atoms with Crippen LogP contribution in [0.5, 0.6) is 0 Å². The molecule has 0 aliphatic rings. The second kappa shape index (κ2) is 21.3. The zero-order valence-corrected chi connectivity index (χ0v) is 35.3. The Balaban J connectivity index is 1.06. The van der Waals surface area contributed by atoms with E-state index in [4.69, 9.17) is 0 Å². The molecule has 12 nitrogen and oxygen atoms in total. The standard InChI is InChI=1S/C48H52B2N6O6/c1-35(2)47(57)51-15-5-37-7-17-53(18-8-37)31-39-25-41(29-45(27-39)49(59)60)33-55-21-11-43(12-22-55)44-13-23-56(24-14-44)34-42-26-40(28-46(30-42)50(61)62)32-54-19-9-38(10-20-54)6-16-52-48(58)36(3)4/h7-14,17-30,59-62H,1,3,5-6,15-16,31-34H2,2,4H3/q+2/p+2. The van der Waals surface area contributed by atoms with E-state index in [0.29, 0.717) is 74.2 Å². The van der Waals surface area contributed by atoms with Gasteiger partial charge in [-0.25, -0.2) is 18.3 Å². The summed E-state index contributed by atoms with van der Waals surface area (Å²) in [5.41, 5.74) is 9.83. The van der Waals surface area contributed by atoms with Crippen molar-refractivity contribution < 1.29 is 48.0 Å². The van der Waals surface area contributed by atoms with Gasteiger partial charge in [-0.1, -0.05) is 37.4 Å². The summed E-state index contributed by atoms with van der Waals surface area (Å²) < 4.78 is 8.16. The number of nitrogens with zero attached hydrogens (tertiary/aromatic N) is 4. The van der Waals surface area contributed by atoms with Crippen LogP contribution in [-0.2, 0) is 48.6 Å². The Morgan fingerprint density at radius 1 is 0.468 bits per heavy atom. The van der Waals surface area contributed by atoms with Gasteiger partial charge in [-0.15, -0.1) is 0 Å². The van der Waals surface area contributed by atoms with Crippen molar-refractivity contribution in [2.75, 3.05) is 13.1 Å². The molecule has 314 valence electrons. The van der Waals surface area contributed by atoms with Crippen molar-refractivity contribution in [1.82, 2.24) is 10.6 Å². The molecule has 0 spiro atoms. The molecule has 6 N–H and O–H groups in total. The molecule has 0 saturated carbocycles. The number of hydrogen-bond acceptors (Lipinski definition) is 6. The van der Waals surface area contributed by atoms with Gasteiger partial charge in [0.15, 0.2) is 75.8 Å². The molecule has 0 radical (unpaired) electrons. The average Bonchev–Trinajstić information content (AvgIpc) is 3.25. The molecule has 6 rings (SSSR count). The van der Waals surface area contributed by atoms with E-state index in [-0.39, 0.29) is 11.8 Å². The van der Waals surface area contributed by atoms with E-state index in [1.807, 2.05) is 116 Å². The second-order valence-electron chi connectivity index (χ2n) is 15.8. The highest BCUT2D eigenvalue weighted by atomic mass is 16.4. The van der Waals surface area contributed by atoms with E-state index in [1.165, 1.54) is 0 Å². The van der Waals surface area contributed by atoms with Gasteiger partial charge >= 0.3 is 14.2 Å². The lowest BCUT2D eigenvalue weighted by atomic mass is 9.78. The van der Waals surface area contributed by atoms with E-state index in [2.05, 4.69) is 60.2 Å². The molecule has 0 unspecified atom stereocenters. The maximum atomic E-state index is 11.8. The summed E-state index contributed by atoms with van der Waals surface area (Å²) in [7, 11) is -3.19. The van der Waals surface area contributed by atoms with Crippen LogP contribution in [0.15, 0.2) is 159 Å². The van der Waals surface area contributed by atoms with Crippen LogP contribution in [0.4, 0.5) is 0 Å². The normalized spacial score (nSPS) is 10.9. The van der Waals surface area contributed by atoms with Crippen molar-refractivity contribution in [1.29, 1.82) is 0 Å².